The lowest BCUT2D eigenvalue weighted by Gasteiger charge is -2.34. The molecule has 3 heterocycles. The molecular formula is C23H24F3N7O3S. The fourth-order valence-electron chi connectivity index (χ4n) is 3.54. The summed E-state index contributed by atoms with van der Waals surface area (Å²) in [4.78, 5) is 25.9. The number of alkyl halides is 3. The van der Waals surface area contributed by atoms with Gasteiger partial charge in [0.05, 0.1) is 24.9 Å². The Kier molecular flexibility index (Phi) is 7.47. The van der Waals surface area contributed by atoms with Gasteiger partial charge in [0.15, 0.2) is 0 Å². The van der Waals surface area contributed by atoms with Gasteiger partial charge < -0.3 is 15.5 Å². The number of carbonyl (C=O) groups excluding carboxylic acids is 1. The minimum atomic E-state index is -3.59. The molecule has 0 atom stereocenters. The van der Waals surface area contributed by atoms with Crippen molar-refractivity contribution in [3.05, 3.63) is 65.5 Å². The molecule has 1 aromatic carbocycles. The van der Waals surface area contributed by atoms with E-state index in [0.717, 1.165) is 16.8 Å². The molecular weight excluding hydrogens is 511 g/mol. The molecule has 0 saturated carbocycles. The molecule has 3 aromatic rings. The van der Waals surface area contributed by atoms with Gasteiger partial charge in [-0.3, -0.25) is 9.10 Å². The van der Waals surface area contributed by atoms with Crippen molar-refractivity contribution in [1.29, 1.82) is 0 Å². The van der Waals surface area contributed by atoms with Crippen molar-refractivity contribution in [2.45, 2.75) is 19.1 Å². The summed E-state index contributed by atoms with van der Waals surface area (Å²) in [6, 6.07) is 9.54. The molecule has 0 radical (unpaired) electrons. The summed E-state index contributed by atoms with van der Waals surface area (Å²) in [5, 5.41) is 5.72. The zero-order chi connectivity index (χ0) is 26.7. The molecule has 1 aliphatic rings. The number of aromatic nitrogens is 3. The highest BCUT2D eigenvalue weighted by atomic mass is 32.2. The predicted octanol–water partition coefficient (Wildman–Crippen LogP) is 3.35. The molecule has 2 N–H and O–H groups in total. The van der Waals surface area contributed by atoms with Gasteiger partial charge in [0, 0.05) is 42.8 Å². The number of nitrogens with zero attached hydrogens (tertiary/aromatic N) is 5. The van der Waals surface area contributed by atoms with E-state index in [1.165, 1.54) is 18.1 Å². The summed E-state index contributed by atoms with van der Waals surface area (Å²) < 4.78 is 65.1. The van der Waals surface area contributed by atoms with Crippen LogP contribution >= 0.6 is 0 Å². The first-order chi connectivity index (χ1) is 17.5. The third-order valence-electron chi connectivity index (χ3n) is 5.67. The number of halogens is 3. The number of amides is 1. The van der Waals surface area contributed by atoms with E-state index >= 15 is 0 Å². The van der Waals surface area contributed by atoms with Crippen molar-refractivity contribution >= 4 is 39.2 Å². The molecule has 0 bridgehead atoms. The lowest BCUT2D eigenvalue weighted by molar-refractivity contribution is 0.0400. The van der Waals surface area contributed by atoms with Crippen LogP contribution < -0.4 is 14.9 Å². The van der Waals surface area contributed by atoms with Crippen molar-refractivity contribution in [3.8, 4) is 0 Å². The van der Waals surface area contributed by atoms with Crippen LogP contribution in [0, 0.1) is 0 Å². The summed E-state index contributed by atoms with van der Waals surface area (Å²) >= 11 is 0. The fraction of sp³-hybridized carbons (Fsp3) is 0.304. The summed E-state index contributed by atoms with van der Waals surface area (Å²) in [5.41, 5.74) is 0.906. The molecule has 1 aliphatic heterocycles. The fourth-order valence-corrected chi connectivity index (χ4v) is 4.02. The minimum absolute atomic E-state index is 0.0219. The Labute approximate surface area is 211 Å². The molecule has 2 aromatic heterocycles. The second-order valence-corrected chi connectivity index (χ2v) is 10.4. The van der Waals surface area contributed by atoms with Crippen LogP contribution in [0.5, 0.6) is 0 Å². The van der Waals surface area contributed by atoms with Crippen LogP contribution in [-0.4, -0.2) is 66.7 Å². The van der Waals surface area contributed by atoms with E-state index in [-0.39, 0.29) is 43.1 Å². The van der Waals surface area contributed by atoms with Crippen LogP contribution in [0.1, 0.15) is 27.9 Å². The Bertz CT molecular complexity index is 1380. The normalized spacial score (nSPS) is 13.8. The number of benzene rings is 1. The van der Waals surface area contributed by atoms with Gasteiger partial charge in [0.25, 0.3) is 12.3 Å². The van der Waals surface area contributed by atoms with Crippen LogP contribution in [0.4, 0.5) is 36.4 Å². The molecule has 14 heteroatoms. The smallest absolute Gasteiger partial charge is 0.268 e. The monoisotopic (exact) mass is 535 g/mol. The highest BCUT2D eigenvalue weighted by Crippen LogP contribution is 2.28. The largest absolute Gasteiger partial charge is 0.365 e. The van der Waals surface area contributed by atoms with Gasteiger partial charge in [-0.05, 0) is 30.3 Å². The second-order valence-electron chi connectivity index (χ2n) is 8.38. The first kappa shape index (κ1) is 26.1. The van der Waals surface area contributed by atoms with E-state index in [0.29, 0.717) is 16.8 Å². The van der Waals surface area contributed by atoms with Gasteiger partial charge in [0.2, 0.25) is 16.0 Å². The van der Waals surface area contributed by atoms with Crippen LogP contribution in [0.3, 0.4) is 0 Å². The molecule has 0 unspecified atom stereocenters. The topological polar surface area (TPSA) is 120 Å². The summed E-state index contributed by atoms with van der Waals surface area (Å²) in [6.07, 6.45) is -0.406. The molecule has 0 spiro atoms. The first-order valence-electron chi connectivity index (χ1n) is 11.1. The van der Waals surface area contributed by atoms with Crippen molar-refractivity contribution < 1.29 is 26.4 Å². The van der Waals surface area contributed by atoms with Crippen molar-refractivity contribution in [3.63, 3.8) is 0 Å². The second kappa shape index (κ2) is 10.6. The molecule has 0 aliphatic carbocycles. The lowest BCUT2D eigenvalue weighted by atomic mass is 10.1. The number of sulfonamides is 1. The minimum Gasteiger partial charge on any atom is -0.365 e. The Hall–Kier alpha value is -3.94. The quantitative estimate of drug-likeness (QED) is 0.428. The van der Waals surface area contributed by atoms with E-state index in [9.17, 15) is 26.4 Å². The number of carbonyl (C=O) groups is 1. The molecule has 10 nitrogen and oxygen atoms in total. The number of likely N-dealkylation sites (tertiary alicyclic amines) is 1. The van der Waals surface area contributed by atoms with Crippen molar-refractivity contribution in [1.82, 2.24) is 19.9 Å². The van der Waals surface area contributed by atoms with Crippen LogP contribution in [0.15, 0.2) is 48.8 Å². The first-order valence-corrected chi connectivity index (χ1v) is 12.9. The number of pyridine rings is 1. The maximum Gasteiger partial charge on any atom is 0.268 e. The van der Waals surface area contributed by atoms with Gasteiger partial charge in [0.1, 0.15) is 17.8 Å². The molecule has 1 amide bonds. The van der Waals surface area contributed by atoms with Gasteiger partial charge in [-0.1, -0.05) is 6.07 Å². The molecule has 4 rings (SSSR count). The lowest BCUT2D eigenvalue weighted by Crippen LogP contribution is -2.51. The number of anilines is 4. The maximum atomic E-state index is 13.6. The van der Waals surface area contributed by atoms with Crippen LogP contribution in [0.25, 0.3) is 0 Å². The number of rotatable bonds is 9. The number of hydrogen-bond acceptors (Lipinski definition) is 8. The SMILES string of the molecule is CN(c1ncccc1CNc1nc(Nc2ccc(C(=O)N3CC(F)C3)cc2)ncc1C(F)F)S(C)(=O)=O. The standard InChI is InChI=1S/C23H24F3N7O3S/c1-32(37(2,35)36)21-15(4-3-9-27-21)10-28-20-18(19(25)26)11-29-23(31-20)30-17-7-5-14(6-8-17)22(34)33-12-16(24)13-33/h3-9,11,16,19H,10,12-13H2,1-2H3,(H2,28,29,30,31). The van der Waals surface area contributed by atoms with Gasteiger partial charge in [-0.15, -0.1) is 0 Å². The molecule has 196 valence electrons. The highest BCUT2D eigenvalue weighted by molar-refractivity contribution is 7.92. The van der Waals surface area contributed by atoms with E-state index < -0.39 is 28.2 Å². The van der Waals surface area contributed by atoms with E-state index in [4.69, 9.17) is 0 Å². The number of hydrogen-bond donors (Lipinski definition) is 2. The van der Waals surface area contributed by atoms with E-state index in [1.807, 2.05) is 0 Å². The average molecular weight is 536 g/mol. The van der Waals surface area contributed by atoms with Crippen LogP contribution in [-0.2, 0) is 16.6 Å². The predicted molar refractivity (Wildman–Crippen MR) is 132 cm³/mol. The van der Waals surface area contributed by atoms with Gasteiger partial charge in [-0.25, -0.2) is 31.6 Å². The molecule has 37 heavy (non-hydrogen) atoms. The maximum absolute atomic E-state index is 13.6. The Morgan fingerprint density at radius 3 is 2.51 bits per heavy atom. The third-order valence-corrected chi connectivity index (χ3v) is 6.84. The number of nitrogens with one attached hydrogen (secondary N) is 2. The Balaban J connectivity index is 1.50. The zero-order valence-corrected chi connectivity index (χ0v) is 20.7. The summed E-state index contributed by atoms with van der Waals surface area (Å²) in [7, 11) is -2.25. The Morgan fingerprint density at radius 1 is 1.19 bits per heavy atom. The average Bonchev–Trinajstić information content (AvgIpc) is 2.84. The Morgan fingerprint density at radius 2 is 1.89 bits per heavy atom. The van der Waals surface area contributed by atoms with Crippen LogP contribution in [0.2, 0.25) is 0 Å². The van der Waals surface area contributed by atoms with Crippen molar-refractivity contribution in [2.24, 2.45) is 0 Å². The van der Waals surface area contributed by atoms with Gasteiger partial charge >= 0.3 is 0 Å². The van der Waals surface area contributed by atoms with Gasteiger partial charge in [-0.2, -0.15) is 4.98 Å². The van der Waals surface area contributed by atoms with E-state index in [1.54, 1.807) is 36.4 Å². The van der Waals surface area contributed by atoms with E-state index in [2.05, 4.69) is 25.6 Å². The molecule has 1 fully saturated rings. The third kappa shape index (κ3) is 6.07. The molecule has 1 saturated heterocycles. The summed E-state index contributed by atoms with van der Waals surface area (Å²) in [6.45, 7) is 0.111. The summed E-state index contributed by atoms with van der Waals surface area (Å²) in [5.74, 6) is -0.248. The van der Waals surface area contributed by atoms with Crippen molar-refractivity contribution in [2.75, 3.05) is 41.3 Å². The zero-order valence-electron chi connectivity index (χ0n) is 19.9. The highest BCUT2D eigenvalue weighted by Gasteiger charge is 2.30.